The van der Waals surface area contributed by atoms with E-state index in [1.807, 2.05) is 41.3 Å². The van der Waals surface area contributed by atoms with Crippen molar-refractivity contribution in [3.63, 3.8) is 0 Å². The topological polar surface area (TPSA) is 109 Å². The van der Waals surface area contributed by atoms with Gasteiger partial charge < -0.3 is 15.7 Å². The third-order valence-corrected chi connectivity index (χ3v) is 6.52. The molecule has 190 valence electrons. The lowest BCUT2D eigenvalue weighted by atomic mass is 9.96. The minimum atomic E-state index is -0.801. The summed E-state index contributed by atoms with van der Waals surface area (Å²) in [5, 5.41) is 9.02. The number of aromatic nitrogens is 1. The lowest BCUT2D eigenvalue weighted by Gasteiger charge is -2.30. The van der Waals surface area contributed by atoms with Crippen LogP contribution in [0.5, 0.6) is 0 Å². The number of amides is 1. The molecule has 4 rings (SSSR count). The first-order valence-electron chi connectivity index (χ1n) is 12.7. The van der Waals surface area contributed by atoms with Crippen molar-refractivity contribution in [2.24, 2.45) is 10.7 Å². The highest BCUT2D eigenvalue weighted by Gasteiger charge is 2.26. The summed E-state index contributed by atoms with van der Waals surface area (Å²) in [5.74, 6) is -0.983. The molecule has 0 atom stereocenters. The molecule has 1 heterocycles. The molecule has 0 radical (unpaired) electrons. The average Bonchev–Trinajstić information content (AvgIpc) is 3.44. The number of hydrogen-bond donors (Lipinski definition) is 2. The number of nitrogens with two attached hydrogens (primary N) is 1. The Balaban J connectivity index is 1.69. The normalized spacial score (nSPS) is 14.5. The third kappa shape index (κ3) is 6.91. The molecule has 1 aliphatic rings. The average molecular weight is 497 g/mol. The molecule has 3 N–H and O–H groups in total. The number of guanidine groups is 1. The zero-order chi connectivity index (χ0) is 26.0. The molecule has 7 nitrogen and oxygen atoms in total. The molecule has 0 bridgehead atoms. The predicted molar refractivity (Wildman–Crippen MR) is 146 cm³/mol. The highest BCUT2D eigenvalue weighted by molar-refractivity contribution is 6.07. The number of carboxylic acid groups (broad SMARTS) is 1. The van der Waals surface area contributed by atoms with Gasteiger partial charge in [0.15, 0.2) is 0 Å². The van der Waals surface area contributed by atoms with Gasteiger partial charge in [0.1, 0.15) is 0 Å². The predicted octanol–water partition coefficient (Wildman–Crippen LogP) is 5.67. The van der Waals surface area contributed by atoms with Gasteiger partial charge in [-0.05, 0) is 67.2 Å². The van der Waals surface area contributed by atoms with E-state index in [2.05, 4.69) is 22.1 Å². The second-order valence-corrected chi connectivity index (χ2v) is 9.15. The molecule has 1 aliphatic carbocycles. The van der Waals surface area contributed by atoms with Crippen LogP contribution in [0, 0.1) is 0 Å². The van der Waals surface area contributed by atoms with Crippen LogP contribution < -0.4 is 10.6 Å². The van der Waals surface area contributed by atoms with E-state index in [4.69, 9.17) is 10.8 Å². The molecule has 0 aliphatic heterocycles. The van der Waals surface area contributed by atoms with E-state index in [9.17, 15) is 9.59 Å². The van der Waals surface area contributed by atoms with E-state index >= 15 is 0 Å². The van der Waals surface area contributed by atoms with Crippen LogP contribution in [0.4, 0.5) is 5.69 Å². The Morgan fingerprint density at radius 2 is 1.73 bits per heavy atom. The van der Waals surface area contributed by atoms with Gasteiger partial charge in [0.25, 0.3) is 5.91 Å². The lowest BCUT2D eigenvalue weighted by Crippen LogP contribution is -2.44. The fraction of sp³-hybridized carbons (Fsp3) is 0.267. The maximum atomic E-state index is 12.8. The number of aliphatic carboxylic acids is 1. The van der Waals surface area contributed by atoms with Crippen molar-refractivity contribution >= 4 is 29.1 Å². The summed E-state index contributed by atoms with van der Waals surface area (Å²) in [6.45, 7) is 0. The fourth-order valence-corrected chi connectivity index (χ4v) is 4.74. The molecule has 37 heavy (non-hydrogen) atoms. The zero-order valence-corrected chi connectivity index (χ0v) is 20.8. The summed E-state index contributed by atoms with van der Waals surface area (Å²) in [5.41, 5.74) is 10.8. The summed E-state index contributed by atoms with van der Waals surface area (Å²) >= 11 is 0. The van der Waals surface area contributed by atoms with Gasteiger partial charge >= 0.3 is 5.97 Å². The van der Waals surface area contributed by atoms with Crippen molar-refractivity contribution in [1.29, 1.82) is 0 Å². The number of anilines is 1. The minimum Gasteiger partial charge on any atom is -0.481 e. The largest absolute Gasteiger partial charge is 0.481 e. The van der Waals surface area contributed by atoms with Gasteiger partial charge in [-0.25, -0.2) is 0 Å². The van der Waals surface area contributed by atoms with Gasteiger partial charge in [-0.1, -0.05) is 55.3 Å². The summed E-state index contributed by atoms with van der Waals surface area (Å²) in [4.78, 5) is 34.3. The molecule has 1 aromatic heterocycles. The fourth-order valence-electron chi connectivity index (χ4n) is 4.74. The standard InChI is InChI=1S/C30H32N4O3/c31-30(33-29(37)22-10-2-1-3-11-22)34(25-14-4-5-15-25)26-16-8-12-23(20-26)27(17-6-7-18-28(35)36)24-13-9-19-32-21-24/h1-3,8-13,16-17,19-21,25H,4-7,14-15,18H2,(H,35,36)(H2,31,33,37)/b27-17+. The molecule has 1 saturated carbocycles. The van der Waals surface area contributed by atoms with Crippen molar-refractivity contribution in [2.45, 2.75) is 51.0 Å². The second-order valence-electron chi connectivity index (χ2n) is 9.15. The summed E-state index contributed by atoms with van der Waals surface area (Å²) in [6.07, 6.45) is 11.0. The lowest BCUT2D eigenvalue weighted by molar-refractivity contribution is -0.137. The molecule has 0 unspecified atom stereocenters. The van der Waals surface area contributed by atoms with Gasteiger partial charge in [0.05, 0.1) is 0 Å². The van der Waals surface area contributed by atoms with E-state index in [0.717, 1.165) is 48.1 Å². The monoisotopic (exact) mass is 496 g/mol. The van der Waals surface area contributed by atoms with Crippen LogP contribution >= 0.6 is 0 Å². The first-order chi connectivity index (χ1) is 18.0. The quantitative estimate of drug-likeness (QED) is 0.224. The number of carboxylic acids is 1. The van der Waals surface area contributed by atoms with Crippen molar-refractivity contribution in [1.82, 2.24) is 4.98 Å². The van der Waals surface area contributed by atoms with Crippen molar-refractivity contribution < 1.29 is 14.7 Å². The number of carbonyl (C=O) groups is 2. The van der Waals surface area contributed by atoms with Crippen LogP contribution in [0.1, 0.15) is 66.4 Å². The number of aliphatic imine (C=N–C) groups is 1. The maximum absolute atomic E-state index is 12.8. The van der Waals surface area contributed by atoms with E-state index < -0.39 is 5.97 Å². The van der Waals surface area contributed by atoms with Crippen LogP contribution in [-0.4, -0.2) is 34.0 Å². The Morgan fingerprint density at radius 1 is 1.00 bits per heavy atom. The van der Waals surface area contributed by atoms with Gasteiger partial charge in [-0.2, -0.15) is 4.99 Å². The number of allylic oxidation sites excluding steroid dienone is 1. The van der Waals surface area contributed by atoms with E-state index in [1.165, 1.54) is 0 Å². The number of nitrogens with zero attached hydrogens (tertiary/aromatic N) is 3. The Bertz CT molecular complexity index is 1270. The van der Waals surface area contributed by atoms with E-state index in [0.29, 0.717) is 18.4 Å². The van der Waals surface area contributed by atoms with Crippen molar-refractivity contribution in [3.8, 4) is 0 Å². The molecule has 0 spiro atoms. The first-order valence-corrected chi connectivity index (χ1v) is 12.7. The summed E-state index contributed by atoms with van der Waals surface area (Å²) in [6, 6.07) is 21.0. The van der Waals surface area contributed by atoms with Gasteiger partial charge in [0, 0.05) is 41.7 Å². The highest BCUT2D eigenvalue weighted by Crippen LogP contribution is 2.32. The molecule has 0 saturated heterocycles. The van der Waals surface area contributed by atoms with Crippen LogP contribution in [0.2, 0.25) is 0 Å². The number of carbonyl (C=O) groups excluding carboxylic acids is 1. The Labute approximate surface area is 217 Å². The molecule has 1 fully saturated rings. The number of benzene rings is 2. The van der Waals surface area contributed by atoms with Crippen molar-refractivity contribution in [2.75, 3.05) is 4.90 Å². The molecule has 7 heteroatoms. The molecule has 1 amide bonds. The SMILES string of the molecule is NC(=NC(=O)c1ccccc1)N(c1cccc(/C(=C\CCCC(=O)O)c2cccnc2)c1)C1CCCC1. The van der Waals surface area contributed by atoms with Gasteiger partial charge in [-0.3, -0.25) is 14.6 Å². The van der Waals surface area contributed by atoms with Crippen LogP contribution in [0.15, 0.2) is 90.2 Å². The van der Waals surface area contributed by atoms with E-state index in [1.54, 1.807) is 36.7 Å². The zero-order valence-electron chi connectivity index (χ0n) is 20.8. The number of unbranched alkanes of at least 4 members (excludes halogenated alkanes) is 1. The van der Waals surface area contributed by atoms with E-state index in [-0.39, 0.29) is 24.3 Å². The van der Waals surface area contributed by atoms with Crippen LogP contribution in [0.3, 0.4) is 0 Å². The Kier molecular flexibility index (Phi) is 8.81. The maximum Gasteiger partial charge on any atom is 0.303 e. The highest BCUT2D eigenvalue weighted by atomic mass is 16.4. The number of pyridine rings is 1. The molecular weight excluding hydrogens is 464 g/mol. The summed E-state index contributed by atoms with van der Waals surface area (Å²) in [7, 11) is 0. The van der Waals surface area contributed by atoms with Gasteiger partial charge in [0.2, 0.25) is 5.96 Å². The first kappa shape index (κ1) is 25.8. The number of hydrogen-bond acceptors (Lipinski definition) is 3. The molecule has 2 aromatic carbocycles. The molecule has 3 aromatic rings. The Hall–Kier alpha value is -4.26. The van der Waals surface area contributed by atoms with Gasteiger partial charge in [-0.15, -0.1) is 0 Å². The summed E-state index contributed by atoms with van der Waals surface area (Å²) < 4.78 is 0. The van der Waals surface area contributed by atoms with Crippen molar-refractivity contribution in [3.05, 3.63) is 102 Å². The smallest absolute Gasteiger partial charge is 0.303 e. The molecular formula is C30H32N4O3. The van der Waals surface area contributed by atoms with Crippen LogP contribution in [0.25, 0.3) is 5.57 Å². The van der Waals surface area contributed by atoms with Crippen LogP contribution in [-0.2, 0) is 4.79 Å². The third-order valence-electron chi connectivity index (χ3n) is 6.52. The Morgan fingerprint density at radius 3 is 2.43 bits per heavy atom. The minimum absolute atomic E-state index is 0.120. The number of rotatable bonds is 9. The second kappa shape index (κ2) is 12.6.